The van der Waals surface area contributed by atoms with E-state index in [4.69, 9.17) is 0 Å². The van der Waals surface area contributed by atoms with Crippen molar-refractivity contribution in [1.82, 2.24) is 5.32 Å². The molecule has 0 atom stereocenters. The molecule has 2 rings (SSSR count). The maximum absolute atomic E-state index is 11.5. The number of nitrogens with one attached hydrogen (secondary N) is 1. The van der Waals surface area contributed by atoms with E-state index >= 15 is 0 Å². The third-order valence-electron chi connectivity index (χ3n) is 1.98. The zero-order valence-corrected chi connectivity index (χ0v) is 9.74. The van der Waals surface area contributed by atoms with Crippen molar-refractivity contribution in [3.05, 3.63) is 44.8 Å². The van der Waals surface area contributed by atoms with Crippen molar-refractivity contribution in [2.24, 2.45) is 0 Å². The van der Waals surface area contributed by atoms with E-state index in [9.17, 15) is 4.79 Å². The SMILES string of the molecule is O=C(Cc1cccs1)NCc1ccsc1. The van der Waals surface area contributed by atoms with Crippen LogP contribution < -0.4 is 5.32 Å². The fourth-order valence-corrected chi connectivity index (χ4v) is 2.60. The van der Waals surface area contributed by atoms with Gasteiger partial charge in [0.25, 0.3) is 0 Å². The van der Waals surface area contributed by atoms with Gasteiger partial charge in [-0.2, -0.15) is 11.3 Å². The Morgan fingerprint density at radius 2 is 2.27 bits per heavy atom. The predicted molar refractivity (Wildman–Crippen MR) is 64.2 cm³/mol. The molecule has 78 valence electrons. The van der Waals surface area contributed by atoms with Crippen LogP contribution in [0, 0.1) is 0 Å². The molecule has 0 spiro atoms. The molecule has 2 aromatic rings. The van der Waals surface area contributed by atoms with Gasteiger partial charge in [0.1, 0.15) is 0 Å². The second-order valence-electron chi connectivity index (χ2n) is 3.16. The van der Waals surface area contributed by atoms with Crippen molar-refractivity contribution in [3.8, 4) is 0 Å². The van der Waals surface area contributed by atoms with Crippen molar-refractivity contribution in [1.29, 1.82) is 0 Å². The van der Waals surface area contributed by atoms with Gasteiger partial charge in [-0.3, -0.25) is 4.79 Å². The molecule has 0 radical (unpaired) electrons. The maximum atomic E-state index is 11.5. The normalized spacial score (nSPS) is 10.1. The Hall–Kier alpha value is -1.13. The Kier molecular flexibility index (Phi) is 3.53. The Balaban J connectivity index is 1.78. The lowest BCUT2D eigenvalue weighted by atomic mass is 10.3. The highest BCUT2D eigenvalue weighted by Gasteiger charge is 2.03. The molecule has 0 aromatic carbocycles. The summed E-state index contributed by atoms with van der Waals surface area (Å²) in [4.78, 5) is 12.6. The molecule has 0 aliphatic heterocycles. The summed E-state index contributed by atoms with van der Waals surface area (Å²) in [6, 6.07) is 5.97. The average molecular weight is 237 g/mol. The van der Waals surface area contributed by atoms with E-state index in [1.807, 2.05) is 34.3 Å². The Morgan fingerprint density at radius 1 is 1.33 bits per heavy atom. The van der Waals surface area contributed by atoms with Crippen molar-refractivity contribution >= 4 is 28.6 Å². The lowest BCUT2D eigenvalue weighted by Gasteiger charge is -2.01. The zero-order chi connectivity index (χ0) is 10.5. The van der Waals surface area contributed by atoms with Crippen molar-refractivity contribution in [2.45, 2.75) is 13.0 Å². The first-order valence-electron chi connectivity index (χ1n) is 4.65. The van der Waals surface area contributed by atoms with Gasteiger partial charge in [0, 0.05) is 11.4 Å². The lowest BCUT2D eigenvalue weighted by Crippen LogP contribution is -2.23. The van der Waals surface area contributed by atoms with E-state index in [0.717, 1.165) is 4.88 Å². The summed E-state index contributed by atoms with van der Waals surface area (Å²) in [6.45, 7) is 0.633. The fraction of sp³-hybridized carbons (Fsp3) is 0.182. The van der Waals surface area contributed by atoms with Crippen LogP contribution >= 0.6 is 22.7 Å². The molecule has 0 aliphatic rings. The maximum Gasteiger partial charge on any atom is 0.225 e. The van der Waals surface area contributed by atoms with Gasteiger partial charge in [-0.05, 0) is 33.8 Å². The number of carbonyl (C=O) groups is 1. The summed E-state index contributed by atoms with van der Waals surface area (Å²) in [5.41, 5.74) is 1.17. The summed E-state index contributed by atoms with van der Waals surface area (Å²) in [6.07, 6.45) is 0.488. The van der Waals surface area contributed by atoms with E-state index < -0.39 is 0 Å². The molecule has 0 unspecified atom stereocenters. The number of hydrogen-bond donors (Lipinski definition) is 1. The van der Waals surface area contributed by atoms with Crippen molar-refractivity contribution in [3.63, 3.8) is 0 Å². The van der Waals surface area contributed by atoms with Gasteiger partial charge < -0.3 is 5.32 Å². The van der Waals surface area contributed by atoms with Crippen LogP contribution in [0.3, 0.4) is 0 Å². The summed E-state index contributed by atoms with van der Waals surface area (Å²) in [5.74, 6) is 0.0867. The Labute approximate surface area is 96.6 Å². The molecule has 0 bridgehead atoms. The third kappa shape index (κ3) is 3.18. The molecule has 2 nitrogen and oxygen atoms in total. The summed E-state index contributed by atoms with van der Waals surface area (Å²) < 4.78 is 0. The predicted octanol–water partition coefficient (Wildman–Crippen LogP) is 2.67. The van der Waals surface area contributed by atoms with Gasteiger partial charge in [0.05, 0.1) is 6.42 Å². The monoisotopic (exact) mass is 237 g/mol. The van der Waals surface area contributed by atoms with Crippen LogP contribution in [0.1, 0.15) is 10.4 Å². The van der Waals surface area contributed by atoms with Gasteiger partial charge >= 0.3 is 0 Å². The van der Waals surface area contributed by atoms with Gasteiger partial charge in [-0.25, -0.2) is 0 Å². The van der Waals surface area contributed by atoms with Crippen LogP contribution in [-0.4, -0.2) is 5.91 Å². The molecule has 0 saturated heterocycles. The minimum absolute atomic E-state index is 0.0867. The van der Waals surface area contributed by atoms with Crippen molar-refractivity contribution in [2.75, 3.05) is 0 Å². The molecular formula is C11H11NOS2. The van der Waals surface area contributed by atoms with E-state index in [1.165, 1.54) is 5.56 Å². The summed E-state index contributed by atoms with van der Waals surface area (Å²) >= 11 is 3.26. The second-order valence-corrected chi connectivity index (χ2v) is 4.98. The van der Waals surface area contributed by atoms with E-state index in [0.29, 0.717) is 13.0 Å². The first-order valence-corrected chi connectivity index (χ1v) is 6.47. The highest BCUT2D eigenvalue weighted by atomic mass is 32.1. The van der Waals surface area contributed by atoms with Gasteiger partial charge in [0.15, 0.2) is 0 Å². The standard InChI is InChI=1S/C11H11NOS2/c13-11(6-10-2-1-4-15-10)12-7-9-3-5-14-8-9/h1-5,8H,6-7H2,(H,12,13). The fourth-order valence-electron chi connectivity index (χ4n) is 1.23. The van der Waals surface area contributed by atoms with Crippen LogP contribution in [0.5, 0.6) is 0 Å². The summed E-state index contributed by atoms with van der Waals surface area (Å²) in [7, 11) is 0. The Bertz CT molecular complexity index is 406. The van der Waals surface area contributed by atoms with E-state index in [1.54, 1.807) is 22.7 Å². The van der Waals surface area contributed by atoms with E-state index in [-0.39, 0.29) is 5.91 Å². The largest absolute Gasteiger partial charge is 0.352 e. The van der Waals surface area contributed by atoms with Crippen LogP contribution in [0.15, 0.2) is 34.3 Å². The molecule has 0 aliphatic carbocycles. The molecule has 2 aromatic heterocycles. The van der Waals surface area contributed by atoms with Crippen LogP contribution in [0.2, 0.25) is 0 Å². The Morgan fingerprint density at radius 3 is 2.93 bits per heavy atom. The molecule has 15 heavy (non-hydrogen) atoms. The number of amides is 1. The third-order valence-corrected chi connectivity index (χ3v) is 3.59. The highest BCUT2D eigenvalue weighted by Crippen LogP contribution is 2.09. The molecule has 0 fully saturated rings. The molecule has 2 heterocycles. The lowest BCUT2D eigenvalue weighted by molar-refractivity contribution is -0.120. The molecular weight excluding hydrogens is 226 g/mol. The van der Waals surface area contributed by atoms with Gasteiger partial charge in [-0.1, -0.05) is 6.07 Å². The molecule has 1 N–H and O–H groups in total. The van der Waals surface area contributed by atoms with Crippen molar-refractivity contribution < 1.29 is 4.79 Å². The number of thiophene rings is 2. The quantitative estimate of drug-likeness (QED) is 0.870. The first kappa shape index (κ1) is 10.4. The van der Waals surface area contributed by atoms with Crippen LogP contribution in [0.25, 0.3) is 0 Å². The van der Waals surface area contributed by atoms with Gasteiger partial charge in [-0.15, -0.1) is 11.3 Å². The van der Waals surface area contributed by atoms with Crippen LogP contribution in [0.4, 0.5) is 0 Å². The first-order chi connectivity index (χ1) is 7.34. The summed E-state index contributed by atoms with van der Waals surface area (Å²) in [5, 5.41) is 8.95. The number of rotatable bonds is 4. The van der Waals surface area contributed by atoms with E-state index in [2.05, 4.69) is 5.32 Å². The van der Waals surface area contributed by atoms with Crippen LogP contribution in [-0.2, 0) is 17.8 Å². The number of hydrogen-bond acceptors (Lipinski definition) is 3. The molecule has 4 heteroatoms. The smallest absolute Gasteiger partial charge is 0.225 e. The zero-order valence-electron chi connectivity index (χ0n) is 8.10. The highest BCUT2D eigenvalue weighted by molar-refractivity contribution is 7.10. The minimum atomic E-state index is 0.0867. The second kappa shape index (κ2) is 5.09. The topological polar surface area (TPSA) is 29.1 Å². The number of carbonyl (C=O) groups excluding carboxylic acids is 1. The van der Waals surface area contributed by atoms with Gasteiger partial charge in [0.2, 0.25) is 5.91 Å². The molecule has 0 saturated carbocycles. The molecule has 1 amide bonds. The average Bonchev–Trinajstić information content (AvgIpc) is 2.86. The minimum Gasteiger partial charge on any atom is -0.352 e.